The van der Waals surface area contributed by atoms with Gasteiger partial charge < -0.3 is 15.1 Å². The van der Waals surface area contributed by atoms with Gasteiger partial charge in [0.2, 0.25) is 0 Å². The fourth-order valence-corrected chi connectivity index (χ4v) is 3.09. The monoisotopic (exact) mass is 448 g/mol. The van der Waals surface area contributed by atoms with E-state index in [1.165, 1.54) is 32.1 Å². The van der Waals surface area contributed by atoms with Crippen molar-refractivity contribution in [3.8, 4) is 0 Å². The van der Waals surface area contributed by atoms with E-state index in [1.807, 2.05) is 14.0 Å². The van der Waals surface area contributed by atoms with E-state index in [0.717, 1.165) is 43.7 Å². The summed E-state index contributed by atoms with van der Waals surface area (Å²) in [5.74, 6) is 2.91. The molecule has 1 aliphatic rings. The first kappa shape index (κ1) is 21.3. The minimum atomic E-state index is 0. The van der Waals surface area contributed by atoms with Gasteiger partial charge in [-0.05, 0) is 51.4 Å². The molecule has 2 N–H and O–H groups in total. The van der Waals surface area contributed by atoms with Crippen molar-refractivity contribution in [1.82, 2.24) is 15.5 Å². The molecule has 0 amide bonds. The van der Waals surface area contributed by atoms with E-state index in [-0.39, 0.29) is 30.0 Å². The lowest BCUT2D eigenvalue weighted by Crippen LogP contribution is -2.42. The molecular weight excluding hydrogens is 415 g/mol. The molecule has 0 radical (unpaired) electrons. The molecule has 0 aliphatic carbocycles. The topological polar surface area (TPSA) is 52.8 Å². The number of nitrogens with zero attached hydrogens (tertiary/aromatic N) is 2. The first-order valence-corrected chi connectivity index (χ1v) is 8.99. The summed E-state index contributed by atoms with van der Waals surface area (Å²) in [4.78, 5) is 6.84. The third-order valence-corrected chi connectivity index (χ3v) is 4.43. The summed E-state index contributed by atoms with van der Waals surface area (Å²) < 4.78 is 5.90. The Kier molecular flexibility index (Phi) is 10.4. The molecule has 1 atom stereocenters. The SMILES string of the molecule is CCCCCNC(=NC)NCC(c1ccc(C)o1)N1CCCC1.I. The zero-order chi connectivity index (χ0) is 16.5. The molecule has 138 valence electrons. The number of likely N-dealkylation sites (tertiary alicyclic amines) is 1. The number of hydrogen-bond acceptors (Lipinski definition) is 3. The Labute approximate surface area is 163 Å². The third kappa shape index (κ3) is 6.63. The predicted octanol–water partition coefficient (Wildman–Crippen LogP) is 3.70. The molecule has 1 aliphatic heterocycles. The van der Waals surface area contributed by atoms with E-state index in [9.17, 15) is 0 Å². The van der Waals surface area contributed by atoms with Crippen molar-refractivity contribution in [2.24, 2.45) is 4.99 Å². The van der Waals surface area contributed by atoms with Gasteiger partial charge in [0.25, 0.3) is 0 Å². The normalized spacial score (nSPS) is 16.7. The van der Waals surface area contributed by atoms with Crippen LogP contribution in [0.2, 0.25) is 0 Å². The van der Waals surface area contributed by atoms with Gasteiger partial charge in [0.05, 0.1) is 6.04 Å². The van der Waals surface area contributed by atoms with Gasteiger partial charge in [0, 0.05) is 20.1 Å². The predicted molar refractivity (Wildman–Crippen MR) is 111 cm³/mol. The Bertz CT molecular complexity index is 483. The lowest BCUT2D eigenvalue weighted by Gasteiger charge is -2.26. The van der Waals surface area contributed by atoms with Gasteiger partial charge in [-0.25, -0.2) is 0 Å². The molecule has 6 heteroatoms. The molecule has 1 saturated heterocycles. The minimum Gasteiger partial charge on any atom is -0.465 e. The van der Waals surface area contributed by atoms with Gasteiger partial charge in [-0.15, -0.1) is 24.0 Å². The lowest BCUT2D eigenvalue weighted by molar-refractivity contribution is 0.213. The number of nitrogens with one attached hydrogen (secondary N) is 2. The number of halogens is 1. The number of unbranched alkanes of at least 4 members (excludes halogenated alkanes) is 2. The van der Waals surface area contributed by atoms with Crippen LogP contribution in [0.25, 0.3) is 0 Å². The van der Waals surface area contributed by atoms with Crippen molar-refractivity contribution in [2.75, 3.05) is 33.2 Å². The summed E-state index contributed by atoms with van der Waals surface area (Å²) in [5, 5.41) is 6.86. The number of aryl methyl sites for hydroxylation is 1. The van der Waals surface area contributed by atoms with Gasteiger partial charge in [0.15, 0.2) is 5.96 Å². The van der Waals surface area contributed by atoms with Gasteiger partial charge in [-0.3, -0.25) is 9.89 Å². The van der Waals surface area contributed by atoms with Crippen LogP contribution in [0.3, 0.4) is 0 Å². The second-order valence-electron chi connectivity index (χ2n) is 6.29. The lowest BCUT2D eigenvalue weighted by atomic mass is 10.2. The van der Waals surface area contributed by atoms with Crippen LogP contribution >= 0.6 is 24.0 Å². The van der Waals surface area contributed by atoms with Crippen molar-refractivity contribution < 1.29 is 4.42 Å². The van der Waals surface area contributed by atoms with Crippen molar-refractivity contribution in [2.45, 2.75) is 52.0 Å². The standard InChI is InChI=1S/C18H32N4O.HI/c1-4-5-6-11-20-18(19-3)21-14-16(22-12-7-8-13-22)17-10-9-15(2)23-17;/h9-10,16H,4-8,11-14H2,1-3H3,(H2,19,20,21);1H. The van der Waals surface area contributed by atoms with Crippen LogP contribution in [0, 0.1) is 6.92 Å². The summed E-state index contributed by atoms with van der Waals surface area (Å²) in [6.07, 6.45) is 6.24. The van der Waals surface area contributed by atoms with E-state index >= 15 is 0 Å². The smallest absolute Gasteiger partial charge is 0.191 e. The fraction of sp³-hybridized carbons (Fsp3) is 0.722. The molecule has 0 saturated carbocycles. The Morgan fingerprint density at radius 3 is 2.58 bits per heavy atom. The molecule has 2 rings (SSSR count). The zero-order valence-electron chi connectivity index (χ0n) is 15.3. The first-order valence-electron chi connectivity index (χ1n) is 8.99. The summed E-state index contributed by atoms with van der Waals surface area (Å²) in [7, 11) is 1.83. The van der Waals surface area contributed by atoms with Crippen LogP contribution in [0.4, 0.5) is 0 Å². The second-order valence-corrected chi connectivity index (χ2v) is 6.29. The van der Waals surface area contributed by atoms with Crippen LogP contribution in [0.1, 0.15) is 56.6 Å². The molecule has 2 heterocycles. The highest BCUT2D eigenvalue weighted by atomic mass is 127. The molecule has 0 aromatic carbocycles. The fourth-order valence-electron chi connectivity index (χ4n) is 3.09. The average molecular weight is 448 g/mol. The Hall–Kier alpha value is -0.760. The van der Waals surface area contributed by atoms with E-state index in [4.69, 9.17) is 4.42 Å². The molecule has 0 bridgehead atoms. The number of rotatable bonds is 8. The van der Waals surface area contributed by atoms with Crippen LogP contribution in [-0.4, -0.2) is 44.1 Å². The summed E-state index contributed by atoms with van der Waals surface area (Å²) >= 11 is 0. The van der Waals surface area contributed by atoms with E-state index < -0.39 is 0 Å². The Balaban J connectivity index is 0.00000288. The van der Waals surface area contributed by atoms with E-state index in [1.54, 1.807) is 0 Å². The van der Waals surface area contributed by atoms with Gasteiger partial charge >= 0.3 is 0 Å². The number of aliphatic imine (C=N–C) groups is 1. The molecule has 0 spiro atoms. The van der Waals surface area contributed by atoms with Crippen LogP contribution < -0.4 is 10.6 Å². The number of hydrogen-bond donors (Lipinski definition) is 2. The van der Waals surface area contributed by atoms with Crippen LogP contribution in [0.15, 0.2) is 21.5 Å². The van der Waals surface area contributed by atoms with Crippen molar-refractivity contribution in [3.05, 3.63) is 23.7 Å². The summed E-state index contributed by atoms with van der Waals surface area (Å²) in [6.45, 7) is 8.32. The molecule has 5 nitrogen and oxygen atoms in total. The number of guanidine groups is 1. The molecule has 1 fully saturated rings. The van der Waals surface area contributed by atoms with Crippen molar-refractivity contribution >= 4 is 29.9 Å². The molecule has 24 heavy (non-hydrogen) atoms. The highest BCUT2D eigenvalue weighted by molar-refractivity contribution is 14.0. The third-order valence-electron chi connectivity index (χ3n) is 4.43. The Morgan fingerprint density at radius 2 is 2.00 bits per heavy atom. The first-order chi connectivity index (χ1) is 11.2. The zero-order valence-corrected chi connectivity index (χ0v) is 17.6. The summed E-state index contributed by atoms with van der Waals surface area (Å²) in [5.41, 5.74) is 0. The maximum absolute atomic E-state index is 5.90. The maximum Gasteiger partial charge on any atom is 0.191 e. The molecule has 1 unspecified atom stereocenters. The quantitative estimate of drug-likeness (QED) is 0.276. The average Bonchev–Trinajstić information content (AvgIpc) is 3.22. The molecular formula is C18H33IN4O. The highest BCUT2D eigenvalue weighted by Gasteiger charge is 2.26. The van der Waals surface area contributed by atoms with Gasteiger partial charge in [0.1, 0.15) is 11.5 Å². The molecule has 1 aromatic heterocycles. The largest absolute Gasteiger partial charge is 0.465 e. The van der Waals surface area contributed by atoms with E-state index in [0.29, 0.717) is 0 Å². The van der Waals surface area contributed by atoms with E-state index in [2.05, 4.69) is 39.6 Å². The molecule has 1 aromatic rings. The highest BCUT2D eigenvalue weighted by Crippen LogP contribution is 2.26. The maximum atomic E-state index is 5.90. The van der Waals surface area contributed by atoms with Crippen LogP contribution in [0.5, 0.6) is 0 Å². The van der Waals surface area contributed by atoms with Gasteiger partial charge in [-0.1, -0.05) is 19.8 Å². The van der Waals surface area contributed by atoms with Crippen molar-refractivity contribution in [3.63, 3.8) is 0 Å². The minimum absolute atomic E-state index is 0. The van der Waals surface area contributed by atoms with Gasteiger partial charge in [-0.2, -0.15) is 0 Å². The summed E-state index contributed by atoms with van der Waals surface area (Å²) in [6, 6.07) is 4.44. The van der Waals surface area contributed by atoms with Crippen LogP contribution in [-0.2, 0) is 0 Å². The second kappa shape index (κ2) is 11.7. The number of furan rings is 1. The Morgan fingerprint density at radius 1 is 1.25 bits per heavy atom. The van der Waals surface area contributed by atoms with Crippen molar-refractivity contribution in [1.29, 1.82) is 0 Å².